The largest absolute Gasteiger partial charge is 0.502 e. The SMILES string of the molecule is C=C1C(=O)OC2C1C(OC(=O)C(O)=CCO)C=C(C)C1(O)CC=C(C)C21. The summed E-state index contributed by atoms with van der Waals surface area (Å²) >= 11 is 0. The Bertz CT molecular complexity index is 760. The van der Waals surface area contributed by atoms with Gasteiger partial charge in [0.25, 0.3) is 0 Å². The molecule has 7 nitrogen and oxygen atoms in total. The van der Waals surface area contributed by atoms with Crippen molar-refractivity contribution in [1.82, 2.24) is 0 Å². The zero-order valence-corrected chi connectivity index (χ0v) is 14.6. The van der Waals surface area contributed by atoms with Gasteiger partial charge >= 0.3 is 11.9 Å². The molecule has 3 rings (SSSR count). The minimum absolute atomic E-state index is 0.159. The van der Waals surface area contributed by atoms with Gasteiger partial charge in [-0.1, -0.05) is 18.2 Å². The number of aliphatic hydroxyl groups is 3. The molecule has 0 radical (unpaired) electrons. The van der Waals surface area contributed by atoms with E-state index in [0.717, 1.165) is 11.6 Å². The molecule has 140 valence electrons. The molecule has 1 fully saturated rings. The minimum atomic E-state index is -1.23. The molecule has 3 N–H and O–H groups in total. The first-order chi connectivity index (χ1) is 12.2. The van der Waals surface area contributed by atoms with E-state index in [1.807, 2.05) is 13.0 Å². The van der Waals surface area contributed by atoms with E-state index in [4.69, 9.17) is 14.6 Å². The Balaban J connectivity index is 2.02. The highest BCUT2D eigenvalue weighted by Crippen LogP contribution is 2.51. The van der Waals surface area contributed by atoms with Gasteiger partial charge in [-0.15, -0.1) is 0 Å². The molecule has 1 heterocycles. The summed E-state index contributed by atoms with van der Waals surface area (Å²) in [6, 6.07) is 0. The van der Waals surface area contributed by atoms with Crippen molar-refractivity contribution in [3.63, 3.8) is 0 Å². The van der Waals surface area contributed by atoms with Crippen LogP contribution in [-0.2, 0) is 19.1 Å². The fourth-order valence-electron chi connectivity index (χ4n) is 4.11. The number of ether oxygens (including phenoxy) is 2. The molecule has 1 aliphatic heterocycles. The first kappa shape index (κ1) is 18.4. The highest BCUT2D eigenvalue weighted by molar-refractivity contribution is 5.91. The molecular weight excluding hydrogens is 340 g/mol. The molecule has 3 aliphatic rings. The average molecular weight is 362 g/mol. The molecule has 5 unspecified atom stereocenters. The van der Waals surface area contributed by atoms with E-state index in [-0.39, 0.29) is 5.57 Å². The van der Waals surface area contributed by atoms with Gasteiger partial charge in [-0.3, -0.25) is 0 Å². The van der Waals surface area contributed by atoms with Gasteiger partial charge in [0.15, 0.2) is 5.76 Å². The molecule has 0 saturated carbocycles. The molecule has 26 heavy (non-hydrogen) atoms. The minimum Gasteiger partial charge on any atom is -0.502 e. The molecule has 7 heteroatoms. The summed E-state index contributed by atoms with van der Waals surface area (Å²) in [4.78, 5) is 24.2. The van der Waals surface area contributed by atoms with Crippen molar-refractivity contribution in [1.29, 1.82) is 0 Å². The Morgan fingerprint density at radius 1 is 1.50 bits per heavy atom. The van der Waals surface area contributed by atoms with Crippen LogP contribution in [0.1, 0.15) is 20.3 Å². The predicted octanol–water partition coefficient (Wildman–Crippen LogP) is 1.09. The quantitative estimate of drug-likeness (QED) is 0.298. The first-order valence-corrected chi connectivity index (χ1v) is 8.39. The number of aliphatic hydroxyl groups excluding tert-OH is 2. The van der Waals surface area contributed by atoms with Crippen LogP contribution in [0.5, 0.6) is 0 Å². The monoisotopic (exact) mass is 362 g/mol. The topological polar surface area (TPSA) is 113 Å². The van der Waals surface area contributed by atoms with Crippen LogP contribution in [0.3, 0.4) is 0 Å². The van der Waals surface area contributed by atoms with Gasteiger partial charge in [0.2, 0.25) is 0 Å². The lowest BCUT2D eigenvalue weighted by Gasteiger charge is -2.35. The number of carbonyl (C=O) groups is 2. The predicted molar refractivity (Wildman–Crippen MR) is 90.8 cm³/mol. The van der Waals surface area contributed by atoms with Crippen LogP contribution >= 0.6 is 0 Å². The Morgan fingerprint density at radius 2 is 2.19 bits per heavy atom. The summed E-state index contributed by atoms with van der Waals surface area (Å²) < 4.78 is 10.9. The van der Waals surface area contributed by atoms with Crippen molar-refractivity contribution in [2.75, 3.05) is 6.61 Å². The van der Waals surface area contributed by atoms with Crippen LogP contribution in [0.15, 0.2) is 47.3 Å². The fourth-order valence-corrected chi connectivity index (χ4v) is 4.11. The van der Waals surface area contributed by atoms with Gasteiger partial charge in [-0.25, -0.2) is 9.59 Å². The first-order valence-electron chi connectivity index (χ1n) is 8.39. The van der Waals surface area contributed by atoms with Crippen molar-refractivity contribution in [2.45, 2.75) is 38.1 Å². The Kier molecular flexibility index (Phi) is 4.54. The van der Waals surface area contributed by atoms with Crippen molar-refractivity contribution in [2.24, 2.45) is 11.8 Å². The molecule has 0 aromatic heterocycles. The lowest BCUT2D eigenvalue weighted by molar-refractivity contribution is -0.149. The van der Waals surface area contributed by atoms with Crippen LogP contribution in [-0.4, -0.2) is 51.7 Å². The second kappa shape index (κ2) is 6.41. The van der Waals surface area contributed by atoms with Gasteiger partial charge < -0.3 is 24.8 Å². The molecular formula is C19H22O7. The van der Waals surface area contributed by atoms with Gasteiger partial charge in [0.1, 0.15) is 12.2 Å². The number of carbonyl (C=O) groups excluding carboxylic acids is 2. The summed E-state index contributed by atoms with van der Waals surface area (Å²) in [5, 5.41) is 29.6. The summed E-state index contributed by atoms with van der Waals surface area (Å²) in [5.41, 5.74) is 0.415. The normalized spacial score (nSPS) is 36.5. The number of esters is 2. The van der Waals surface area contributed by atoms with Crippen LogP contribution in [0.2, 0.25) is 0 Å². The summed E-state index contributed by atoms with van der Waals surface area (Å²) in [6.45, 7) is 6.85. The maximum atomic E-state index is 12.1. The molecule has 0 aromatic carbocycles. The highest BCUT2D eigenvalue weighted by atomic mass is 16.6. The smallest absolute Gasteiger partial charge is 0.373 e. The van der Waals surface area contributed by atoms with Gasteiger partial charge in [0.05, 0.1) is 24.0 Å². The third kappa shape index (κ3) is 2.68. The van der Waals surface area contributed by atoms with Gasteiger partial charge in [0, 0.05) is 5.57 Å². The van der Waals surface area contributed by atoms with Crippen molar-refractivity contribution >= 4 is 11.9 Å². The van der Waals surface area contributed by atoms with Crippen molar-refractivity contribution in [3.8, 4) is 0 Å². The van der Waals surface area contributed by atoms with Crippen molar-refractivity contribution < 1.29 is 34.4 Å². The summed E-state index contributed by atoms with van der Waals surface area (Å²) in [5.74, 6) is -3.50. The molecule has 0 amide bonds. The van der Waals surface area contributed by atoms with Crippen LogP contribution in [0, 0.1) is 11.8 Å². The van der Waals surface area contributed by atoms with Gasteiger partial charge in [-0.05, 0) is 38.0 Å². The van der Waals surface area contributed by atoms with Crippen molar-refractivity contribution in [3.05, 3.63) is 47.3 Å². The molecule has 2 aliphatic carbocycles. The second-order valence-corrected chi connectivity index (χ2v) is 6.97. The molecule has 0 spiro atoms. The number of rotatable bonds is 3. The van der Waals surface area contributed by atoms with E-state index in [0.29, 0.717) is 12.0 Å². The highest BCUT2D eigenvalue weighted by Gasteiger charge is 2.58. The van der Waals surface area contributed by atoms with E-state index in [1.165, 1.54) is 0 Å². The van der Waals surface area contributed by atoms with Crippen LogP contribution in [0.4, 0.5) is 0 Å². The lowest BCUT2D eigenvalue weighted by Crippen LogP contribution is -2.44. The maximum absolute atomic E-state index is 12.1. The third-order valence-electron chi connectivity index (χ3n) is 5.52. The van der Waals surface area contributed by atoms with Gasteiger partial charge in [-0.2, -0.15) is 0 Å². The zero-order chi connectivity index (χ0) is 19.2. The summed E-state index contributed by atoms with van der Waals surface area (Å²) in [7, 11) is 0. The maximum Gasteiger partial charge on any atom is 0.373 e. The third-order valence-corrected chi connectivity index (χ3v) is 5.52. The Labute approximate surface area is 150 Å². The van der Waals surface area contributed by atoms with E-state index in [9.17, 15) is 19.8 Å². The number of fused-ring (bicyclic) bond motifs is 3. The molecule has 1 saturated heterocycles. The molecule has 0 aromatic rings. The van der Waals surface area contributed by atoms with E-state index >= 15 is 0 Å². The lowest BCUT2D eigenvalue weighted by atomic mass is 9.76. The standard InChI is InChI=1S/C19H22O7/c1-9-4-6-19(24)10(2)8-13(25-18(23)12(21)5-7-20)14-11(3)17(22)26-16(14)15(9)19/h4-5,8,13-16,20-21,24H,3,6-7H2,1-2H3. The second-order valence-electron chi connectivity index (χ2n) is 6.97. The Morgan fingerprint density at radius 3 is 2.85 bits per heavy atom. The zero-order valence-electron chi connectivity index (χ0n) is 14.6. The van der Waals surface area contributed by atoms with E-state index < -0.39 is 53.9 Å². The van der Waals surface area contributed by atoms with Crippen LogP contribution < -0.4 is 0 Å². The van der Waals surface area contributed by atoms with E-state index in [1.54, 1.807) is 13.0 Å². The number of hydrogen-bond acceptors (Lipinski definition) is 7. The fraction of sp³-hybridized carbons (Fsp3) is 0.474. The Hall–Kier alpha value is -2.38. The molecule has 0 bridgehead atoms. The van der Waals surface area contributed by atoms with Crippen LogP contribution in [0.25, 0.3) is 0 Å². The number of hydrogen-bond donors (Lipinski definition) is 3. The average Bonchev–Trinajstić information content (AvgIpc) is 3.01. The summed E-state index contributed by atoms with van der Waals surface area (Å²) in [6.07, 6.45) is 3.11. The molecule has 5 atom stereocenters. The van der Waals surface area contributed by atoms with E-state index in [2.05, 4.69) is 6.58 Å².